The predicted octanol–water partition coefficient (Wildman–Crippen LogP) is 4.74. The van der Waals surface area contributed by atoms with Gasteiger partial charge in [-0.1, -0.05) is 44.9 Å². The highest BCUT2D eigenvalue weighted by Crippen LogP contribution is 2.48. The van der Waals surface area contributed by atoms with E-state index in [9.17, 15) is 0 Å². The van der Waals surface area contributed by atoms with Gasteiger partial charge in [-0.05, 0) is 53.9 Å². The van der Waals surface area contributed by atoms with Crippen molar-refractivity contribution in [1.82, 2.24) is 5.32 Å². The van der Waals surface area contributed by atoms with Crippen LogP contribution in [0.3, 0.4) is 0 Å². The zero-order chi connectivity index (χ0) is 13.6. The minimum absolute atomic E-state index is 0.298. The van der Waals surface area contributed by atoms with E-state index in [1.807, 2.05) is 6.07 Å². The summed E-state index contributed by atoms with van der Waals surface area (Å²) in [6, 6.07) is 7.59. The van der Waals surface area contributed by atoms with Crippen LogP contribution in [0.2, 0.25) is 5.02 Å². The molecule has 0 aliphatic heterocycles. The number of nitrogens with one attached hydrogen (secondary N) is 1. The van der Waals surface area contributed by atoms with E-state index in [0.29, 0.717) is 11.5 Å². The summed E-state index contributed by atoms with van der Waals surface area (Å²) in [5.41, 5.74) is 3.20. The average molecular weight is 278 g/mol. The molecule has 0 bridgehead atoms. The Balaban J connectivity index is 1.79. The first-order chi connectivity index (χ1) is 9.01. The molecule has 19 heavy (non-hydrogen) atoms. The van der Waals surface area contributed by atoms with E-state index in [0.717, 1.165) is 23.4 Å². The van der Waals surface area contributed by atoms with Crippen molar-refractivity contribution in [2.45, 2.75) is 58.5 Å². The molecule has 1 N–H and O–H groups in total. The summed E-state index contributed by atoms with van der Waals surface area (Å²) in [6.07, 6.45) is 5.19. The summed E-state index contributed by atoms with van der Waals surface area (Å²) in [7, 11) is 0. The number of hydrogen-bond donors (Lipinski definition) is 1. The summed E-state index contributed by atoms with van der Waals surface area (Å²) < 4.78 is 0. The van der Waals surface area contributed by atoms with E-state index in [1.165, 1.54) is 30.4 Å². The van der Waals surface area contributed by atoms with E-state index in [1.54, 1.807) is 0 Å². The first-order valence-electron chi connectivity index (χ1n) is 7.55. The molecule has 0 radical (unpaired) electrons. The van der Waals surface area contributed by atoms with Gasteiger partial charge in [-0.2, -0.15) is 0 Å². The van der Waals surface area contributed by atoms with Crippen molar-refractivity contribution in [3.63, 3.8) is 0 Å². The van der Waals surface area contributed by atoms with Crippen LogP contribution in [-0.4, -0.2) is 6.04 Å². The van der Waals surface area contributed by atoms with Gasteiger partial charge >= 0.3 is 0 Å². The molecule has 0 saturated heterocycles. The Morgan fingerprint density at radius 3 is 2.89 bits per heavy atom. The molecule has 3 rings (SSSR count). The molecule has 1 saturated carbocycles. The Labute approximate surface area is 121 Å². The standard InChI is InChI=1S/C17H24ClN/c1-4-5-11-8-15(11)19-16-14-9-13(18)7-6-12(14)10-17(16,2)3/h6-7,9,11,15-16,19H,4-5,8,10H2,1-3H3. The molecule has 1 fully saturated rings. The molecule has 2 aliphatic carbocycles. The topological polar surface area (TPSA) is 12.0 Å². The van der Waals surface area contributed by atoms with Crippen LogP contribution >= 0.6 is 11.6 Å². The Bertz CT molecular complexity index is 480. The van der Waals surface area contributed by atoms with Crippen molar-refractivity contribution in [1.29, 1.82) is 0 Å². The number of hydrogen-bond acceptors (Lipinski definition) is 1. The second kappa shape index (κ2) is 4.79. The van der Waals surface area contributed by atoms with Crippen molar-refractivity contribution in [3.8, 4) is 0 Å². The summed E-state index contributed by atoms with van der Waals surface area (Å²) in [5.74, 6) is 0.907. The Hall–Kier alpha value is -0.530. The largest absolute Gasteiger partial charge is 0.306 e. The van der Waals surface area contributed by atoms with Gasteiger partial charge in [-0.3, -0.25) is 0 Å². The van der Waals surface area contributed by atoms with Crippen molar-refractivity contribution in [2.75, 3.05) is 0 Å². The lowest BCUT2D eigenvalue weighted by Gasteiger charge is -2.29. The lowest BCUT2D eigenvalue weighted by molar-refractivity contribution is 0.264. The van der Waals surface area contributed by atoms with Gasteiger partial charge in [0.2, 0.25) is 0 Å². The average Bonchev–Trinajstić information content (AvgIpc) is 3.01. The van der Waals surface area contributed by atoms with Crippen LogP contribution in [0.1, 0.15) is 57.2 Å². The van der Waals surface area contributed by atoms with Crippen molar-refractivity contribution in [2.24, 2.45) is 11.3 Å². The van der Waals surface area contributed by atoms with Crippen LogP contribution in [0.5, 0.6) is 0 Å². The highest BCUT2D eigenvalue weighted by atomic mass is 35.5. The second-order valence-corrected chi connectivity index (χ2v) is 7.44. The first-order valence-corrected chi connectivity index (χ1v) is 7.93. The van der Waals surface area contributed by atoms with Crippen LogP contribution in [-0.2, 0) is 6.42 Å². The number of benzene rings is 1. The summed E-state index contributed by atoms with van der Waals surface area (Å²) in [5, 5.41) is 4.77. The van der Waals surface area contributed by atoms with Gasteiger partial charge < -0.3 is 5.32 Å². The van der Waals surface area contributed by atoms with Gasteiger partial charge in [0, 0.05) is 17.1 Å². The fourth-order valence-corrected chi connectivity index (χ4v) is 3.86. The third-order valence-electron chi connectivity index (χ3n) is 4.81. The lowest BCUT2D eigenvalue weighted by Crippen LogP contribution is -2.33. The highest BCUT2D eigenvalue weighted by molar-refractivity contribution is 6.30. The van der Waals surface area contributed by atoms with Gasteiger partial charge in [0.25, 0.3) is 0 Å². The highest BCUT2D eigenvalue weighted by Gasteiger charge is 2.44. The van der Waals surface area contributed by atoms with Crippen LogP contribution in [0, 0.1) is 11.3 Å². The molecule has 1 nitrogen and oxygen atoms in total. The molecule has 0 spiro atoms. The Kier molecular flexibility index (Phi) is 3.39. The van der Waals surface area contributed by atoms with Crippen LogP contribution in [0.25, 0.3) is 0 Å². The number of halogens is 1. The molecular weight excluding hydrogens is 254 g/mol. The van der Waals surface area contributed by atoms with Gasteiger partial charge in [0.05, 0.1) is 0 Å². The number of fused-ring (bicyclic) bond motifs is 1. The van der Waals surface area contributed by atoms with Gasteiger partial charge in [-0.25, -0.2) is 0 Å². The molecule has 1 aromatic carbocycles. The predicted molar refractivity (Wildman–Crippen MR) is 81.6 cm³/mol. The van der Waals surface area contributed by atoms with Crippen molar-refractivity contribution >= 4 is 11.6 Å². The smallest absolute Gasteiger partial charge is 0.0409 e. The summed E-state index contributed by atoms with van der Waals surface area (Å²) >= 11 is 6.18. The molecule has 1 aromatic rings. The fraction of sp³-hybridized carbons (Fsp3) is 0.647. The third kappa shape index (κ3) is 2.55. The van der Waals surface area contributed by atoms with Gasteiger partial charge in [0.15, 0.2) is 0 Å². The van der Waals surface area contributed by atoms with E-state index in [-0.39, 0.29) is 0 Å². The second-order valence-electron chi connectivity index (χ2n) is 7.00. The minimum atomic E-state index is 0.298. The van der Waals surface area contributed by atoms with Crippen LogP contribution in [0.15, 0.2) is 18.2 Å². The SMILES string of the molecule is CCCC1CC1NC1c2cc(Cl)ccc2CC1(C)C. The zero-order valence-electron chi connectivity index (χ0n) is 12.2. The molecule has 104 valence electrons. The monoisotopic (exact) mass is 277 g/mol. The maximum atomic E-state index is 6.18. The van der Waals surface area contributed by atoms with E-state index in [4.69, 9.17) is 11.6 Å². The van der Waals surface area contributed by atoms with E-state index in [2.05, 4.69) is 38.2 Å². The molecule has 0 heterocycles. The molecule has 3 atom stereocenters. The molecule has 2 aliphatic rings. The summed E-state index contributed by atoms with van der Waals surface area (Å²) in [6.45, 7) is 7.02. The zero-order valence-corrected chi connectivity index (χ0v) is 12.9. The van der Waals surface area contributed by atoms with Crippen LogP contribution in [0.4, 0.5) is 0 Å². The maximum Gasteiger partial charge on any atom is 0.0409 e. The van der Waals surface area contributed by atoms with Crippen LogP contribution < -0.4 is 5.32 Å². The summed E-state index contributed by atoms with van der Waals surface area (Å²) in [4.78, 5) is 0. The Morgan fingerprint density at radius 1 is 1.37 bits per heavy atom. The minimum Gasteiger partial charge on any atom is -0.306 e. The van der Waals surface area contributed by atoms with Gasteiger partial charge in [-0.15, -0.1) is 0 Å². The Morgan fingerprint density at radius 2 is 2.16 bits per heavy atom. The normalized spacial score (nSPS) is 31.3. The van der Waals surface area contributed by atoms with Crippen molar-refractivity contribution < 1.29 is 0 Å². The fourth-order valence-electron chi connectivity index (χ4n) is 3.68. The quantitative estimate of drug-likeness (QED) is 0.838. The molecule has 3 unspecified atom stereocenters. The number of rotatable bonds is 4. The first kappa shape index (κ1) is 13.5. The van der Waals surface area contributed by atoms with Gasteiger partial charge in [0.1, 0.15) is 0 Å². The maximum absolute atomic E-state index is 6.18. The molecule has 0 amide bonds. The lowest BCUT2D eigenvalue weighted by atomic mass is 9.85. The molecule has 0 aromatic heterocycles. The molecular formula is C17H24ClN. The third-order valence-corrected chi connectivity index (χ3v) is 5.04. The van der Waals surface area contributed by atoms with Crippen molar-refractivity contribution in [3.05, 3.63) is 34.3 Å². The molecule has 2 heteroatoms. The van der Waals surface area contributed by atoms with E-state index >= 15 is 0 Å². The van der Waals surface area contributed by atoms with E-state index < -0.39 is 0 Å².